The third-order valence-electron chi connectivity index (χ3n) is 5.32. The van der Waals surface area contributed by atoms with Gasteiger partial charge < -0.3 is 4.42 Å². The van der Waals surface area contributed by atoms with E-state index in [2.05, 4.69) is 9.80 Å². The normalized spacial score (nSPS) is 16.0. The molecule has 0 N–H and O–H groups in total. The van der Waals surface area contributed by atoms with Crippen molar-refractivity contribution in [1.82, 2.24) is 9.80 Å². The molecule has 6 heteroatoms. The second-order valence-corrected chi connectivity index (χ2v) is 7.74. The molecule has 0 unspecified atom stereocenters. The van der Waals surface area contributed by atoms with E-state index in [-0.39, 0.29) is 11.4 Å². The molecule has 1 aliphatic rings. The van der Waals surface area contributed by atoms with Crippen molar-refractivity contribution in [2.75, 3.05) is 26.2 Å². The van der Waals surface area contributed by atoms with E-state index in [0.29, 0.717) is 23.7 Å². The van der Waals surface area contributed by atoms with Gasteiger partial charge in [0.15, 0.2) is 0 Å². The second kappa shape index (κ2) is 8.03. The number of aryl methyl sites for hydroxylation is 1. The summed E-state index contributed by atoms with van der Waals surface area (Å²) in [6.07, 6.45) is 0. The topological polar surface area (TPSA) is 36.7 Å². The molecule has 4 rings (SSSR count). The number of hydrogen-bond acceptors (Lipinski definition) is 4. The molecule has 0 amide bonds. The molecule has 0 spiro atoms. The van der Waals surface area contributed by atoms with Crippen molar-refractivity contribution >= 4 is 22.6 Å². The third kappa shape index (κ3) is 4.12. The molecule has 2 heterocycles. The van der Waals surface area contributed by atoms with Crippen LogP contribution in [-0.2, 0) is 13.1 Å². The Balaban J connectivity index is 1.46. The molecule has 4 nitrogen and oxygen atoms in total. The first kappa shape index (κ1) is 19.1. The van der Waals surface area contributed by atoms with Crippen LogP contribution in [0.25, 0.3) is 11.0 Å². The van der Waals surface area contributed by atoms with E-state index in [0.717, 1.165) is 48.3 Å². The Morgan fingerprint density at radius 1 is 1.00 bits per heavy atom. The molecule has 1 aromatic heterocycles. The minimum absolute atomic E-state index is 0.153. The van der Waals surface area contributed by atoms with Gasteiger partial charge in [-0.25, -0.2) is 9.18 Å². The number of halogens is 2. The number of hydrogen-bond donors (Lipinski definition) is 0. The van der Waals surface area contributed by atoms with Gasteiger partial charge in [0, 0.05) is 61.3 Å². The zero-order chi connectivity index (χ0) is 19.7. The Morgan fingerprint density at radius 2 is 1.64 bits per heavy atom. The maximum atomic E-state index is 13.9. The highest BCUT2D eigenvalue weighted by Gasteiger charge is 2.19. The monoisotopic (exact) mass is 400 g/mol. The zero-order valence-corrected chi connectivity index (χ0v) is 16.5. The van der Waals surface area contributed by atoms with E-state index in [1.165, 1.54) is 6.07 Å². The zero-order valence-electron chi connectivity index (χ0n) is 15.8. The van der Waals surface area contributed by atoms with Gasteiger partial charge in [0.1, 0.15) is 11.4 Å². The van der Waals surface area contributed by atoms with Crippen LogP contribution in [0.15, 0.2) is 51.7 Å². The van der Waals surface area contributed by atoms with Crippen LogP contribution in [-0.4, -0.2) is 36.0 Å². The summed E-state index contributed by atoms with van der Waals surface area (Å²) in [4.78, 5) is 16.5. The summed E-state index contributed by atoms with van der Waals surface area (Å²) in [6, 6.07) is 12.2. The van der Waals surface area contributed by atoms with Crippen LogP contribution >= 0.6 is 11.6 Å². The minimum Gasteiger partial charge on any atom is -0.423 e. The van der Waals surface area contributed by atoms with Crippen LogP contribution in [0.5, 0.6) is 0 Å². The predicted octanol–water partition coefficient (Wildman–Crippen LogP) is 4.21. The van der Waals surface area contributed by atoms with Gasteiger partial charge in [0.05, 0.1) is 0 Å². The number of fused-ring (bicyclic) bond motifs is 1. The highest BCUT2D eigenvalue weighted by Crippen LogP contribution is 2.26. The van der Waals surface area contributed by atoms with E-state index < -0.39 is 0 Å². The van der Waals surface area contributed by atoms with Crippen LogP contribution in [0, 0.1) is 12.7 Å². The molecule has 0 radical (unpaired) electrons. The lowest BCUT2D eigenvalue weighted by atomic mass is 10.1. The van der Waals surface area contributed by atoms with E-state index in [4.69, 9.17) is 16.0 Å². The summed E-state index contributed by atoms with van der Waals surface area (Å²) in [5, 5.41) is 1.54. The molecule has 0 bridgehead atoms. The lowest BCUT2D eigenvalue weighted by Gasteiger charge is -2.34. The van der Waals surface area contributed by atoms with E-state index >= 15 is 0 Å². The van der Waals surface area contributed by atoms with Crippen LogP contribution < -0.4 is 5.63 Å². The summed E-state index contributed by atoms with van der Waals surface area (Å²) in [7, 11) is 0. The summed E-state index contributed by atoms with van der Waals surface area (Å²) in [6.45, 7) is 6.60. The van der Waals surface area contributed by atoms with Crippen molar-refractivity contribution in [3.63, 3.8) is 0 Å². The van der Waals surface area contributed by atoms with Crippen molar-refractivity contribution in [3.8, 4) is 0 Å². The molecule has 1 aliphatic heterocycles. The van der Waals surface area contributed by atoms with Crippen molar-refractivity contribution in [2.45, 2.75) is 20.0 Å². The van der Waals surface area contributed by atoms with Gasteiger partial charge in [0.2, 0.25) is 0 Å². The van der Waals surface area contributed by atoms with Gasteiger partial charge in [-0.15, -0.1) is 0 Å². The Bertz CT molecular complexity index is 1060. The summed E-state index contributed by atoms with van der Waals surface area (Å²) in [5.74, 6) is -0.153. The van der Waals surface area contributed by atoms with Gasteiger partial charge in [-0.2, -0.15) is 0 Å². The highest BCUT2D eigenvalue weighted by atomic mass is 35.5. The average molecular weight is 401 g/mol. The maximum Gasteiger partial charge on any atom is 0.336 e. The Morgan fingerprint density at radius 3 is 2.32 bits per heavy atom. The molecule has 146 valence electrons. The Hall–Kier alpha value is -2.21. The predicted molar refractivity (Wildman–Crippen MR) is 109 cm³/mol. The summed E-state index contributed by atoms with van der Waals surface area (Å²) < 4.78 is 19.2. The van der Waals surface area contributed by atoms with E-state index in [9.17, 15) is 9.18 Å². The minimum atomic E-state index is -0.345. The summed E-state index contributed by atoms with van der Waals surface area (Å²) >= 11 is 6.28. The first-order chi connectivity index (χ1) is 13.5. The van der Waals surface area contributed by atoms with Gasteiger partial charge in [0.25, 0.3) is 0 Å². The van der Waals surface area contributed by atoms with Crippen LogP contribution in [0.3, 0.4) is 0 Å². The fourth-order valence-electron chi connectivity index (χ4n) is 3.69. The average Bonchev–Trinajstić information content (AvgIpc) is 2.67. The molecular formula is C22H22ClFN2O2. The quantitative estimate of drug-likeness (QED) is 0.615. The highest BCUT2D eigenvalue weighted by molar-refractivity contribution is 6.32. The standard InChI is InChI=1S/C22H22ClFN2O2/c1-15-10-21-18(12-19(15)23)17(11-22(27)28-21)14-26-8-6-25(7-9-26)13-16-4-2-3-5-20(16)24/h2-5,10-12H,6-9,13-14H2,1H3. The van der Waals surface area contributed by atoms with Crippen molar-refractivity contribution in [2.24, 2.45) is 0 Å². The molecule has 1 fully saturated rings. The lowest BCUT2D eigenvalue weighted by Crippen LogP contribution is -2.45. The fraction of sp³-hybridized carbons (Fsp3) is 0.318. The molecule has 3 aromatic rings. The molecular weight excluding hydrogens is 379 g/mol. The summed E-state index contributed by atoms with van der Waals surface area (Å²) in [5.41, 5.74) is 2.77. The van der Waals surface area contributed by atoms with Crippen LogP contribution in [0.2, 0.25) is 5.02 Å². The largest absolute Gasteiger partial charge is 0.423 e. The number of benzene rings is 2. The second-order valence-electron chi connectivity index (χ2n) is 7.33. The van der Waals surface area contributed by atoms with E-state index in [1.807, 2.05) is 31.2 Å². The number of rotatable bonds is 4. The molecule has 0 aliphatic carbocycles. The van der Waals surface area contributed by atoms with Gasteiger partial charge in [-0.1, -0.05) is 29.8 Å². The molecule has 28 heavy (non-hydrogen) atoms. The smallest absolute Gasteiger partial charge is 0.336 e. The maximum absolute atomic E-state index is 13.9. The van der Waals surface area contributed by atoms with Gasteiger partial charge >= 0.3 is 5.63 Å². The van der Waals surface area contributed by atoms with Crippen molar-refractivity contribution in [3.05, 3.63) is 80.4 Å². The lowest BCUT2D eigenvalue weighted by molar-refractivity contribution is 0.121. The molecule has 0 saturated carbocycles. The third-order valence-corrected chi connectivity index (χ3v) is 5.73. The number of nitrogens with zero attached hydrogens (tertiary/aromatic N) is 2. The van der Waals surface area contributed by atoms with Crippen molar-refractivity contribution < 1.29 is 8.81 Å². The van der Waals surface area contributed by atoms with Crippen LogP contribution in [0.4, 0.5) is 4.39 Å². The van der Waals surface area contributed by atoms with Gasteiger partial charge in [-0.05, 0) is 36.2 Å². The SMILES string of the molecule is Cc1cc2oc(=O)cc(CN3CCN(Cc4ccccc4F)CC3)c2cc1Cl. The van der Waals surface area contributed by atoms with Crippen LogP contribution in [0.1, 0.15) is 16.7 Å². The number of piperazine rings is 1. The Kier molecular flexibility index (Phi) is 5.49. The first-order valence-electron chi connectivity index (χ1n) is 9.40. The first-order valence-corrected chi connectivity index (χ1v) is 9.78. The fourth-order valence-corrected chi connectivity index (χ4v) is 3.86. The Labute approximate surface area is 168 Å². The van der Waals surface area contributed by atoms with Gasteiger partial charge in [-0.3, -0.25) is 9.80 Å². The van der Waals surface area contributed by atoms with E-state index in [1.54, 1.807) is 12.1 Å². The molecule has 1 saturated heterocycles. The molecule has 2 aromatic carbocycles. The van der Waals surface area contributed by atoms with Crippen molar-refractivity contribution in [1.29, 1.82) is 0 Å². The molecule has 0 atom stereocenters.